The van der Waals surface area contributed by atoms with Gasteiger partial charge in [-0.2, -0.15) is 9.83 Å². The van der Waals surface area contributed by atoms with Crippen LogP contribution < -0.4 is 4.57 Å². The molecule has 13 nitrogen and oxygen atoms in total. The molecule has 0 fully saturated rings. The Morgan fingerprint density at radius 1 is 0.658 bits per heavy atom. The second kappa shape index (κ2) is 30.3. The number of esters is 2. The van der Waals surface area contributed by atoms with Crippen LogP contribution in [0.5, 0.6) is 0 Å². The predicted molar refractivity (Wildman–Crippen MR) is 307 cm³/mol. The molecule has 2 atom stereocenters. The lowest BCUT2D eigenvalue weighted by Crippen LogP contribution is -2.39. The number of carbonyl (C=O) groups excluding carboxylic acids is 4. The number of nitriles is 1. The number of hydrogen-bond donors (Lipinski definition) is 0. The Balaban J connectivity index is 0.000000320. The lowest BCUT2D eigenvalue weighted by molar-refractivity contribution is -0.713. The summed E-state index contributed by atoms with van der Waals surface area (Å²) >= 11 is 16.5. The van der Waals surface area contributed by atoms with E-state index in [-0.39, 0.29) is 28.9 Å². The lowest BCUT2D eigenvalue weighted by atomic mass is 9.86. The fourth-order valence-corrected chi connectivity index (χ4v) is 9.35. The minimum Gasteiger partial charge on any atom is -0.466 e. The van der Waals surface area contributed by atoms with Crippen LogP contribution in [0, 0.1) is 22.2 Å². The van der Waals surface area contributed by atoms with Crippen LogP contribution in [-0.4, -0.2) is 62.7 Å². The van der Waals surface area contributed by atoms with E-state index >= 15 is 0 Å². The average molecular weight is 1150 g/mol. The molecular weight excluding hydrogens is 1070 g/mol. The zero-order chi connectivity index (χ0) is 56.9. The molecule has 0 saturated carbocycles. The monoisotopic (exact) mass is 1150 g/mol. The number of nitrogens with zero attached hydrogens (tertiary/aromatic N) is 5. The van der Waals surface area contributed by atoms with Crippen LogP contribution in [0.15, 0.2) is 110 Å². The summed E-state index contributed by atoms with van der Waals surface area (Å²) in [7, 11) is 0. The van der Waals surface area contributed by atoms with Crippen LogP contribution >= 0.6 is 39.1 Å². The second-order valence-corrected chi connectivity index (χ2v) is 23.4. The molecule has 0 spiro atoms. The van der Waals surface area contributed by atoms with E-state index < -0.39 is 28.1 Å². The first-order valence-electron chi connectivity index (χ1n) is 25.9. The van der Waals surface area contributed by atoms with Gasteiger partial charge in [0.1, 0.15) is 11.2 Å². The molecular formula is C60H79BrCl2N5O8+. The van der Waals surface area contributed by atoms with Crippen LogP contribution in [0.3, 0.4) is 0 Å². The molecule has 0 aliphatic rings. The summed E-state index contributed by atoms with van der Waals surface area (Å²) in [5, 5.41) is 10.7. The first-order valence-corrected chi connectivity index (χ1v) is 27.5. The largest absolute Gasteiger partial charge is 0.466 e. The standard InChI is InChI=1S/C29H38ClN2O4.C17H24BrClO2.C12H14N2O2.C2H3N/c1-7-35-26(33)29(5,6)17-11-10-14-25(22-12-8-9-13-23(22)30)31-18-16-24-21(20-31)15-19-32(24)27(34)36-28(2,3)4;1-4-21-16(20)17(2,3)12-8-7-10-14(18)13-9-5-6-11-15(13)19;1-12(2,3)16-11(15)14-7-5-9-8-13-6-4-10(9)14;1-2-3/h8-9,12-13,15-16,18-20,25H,7,10-11,14,17H2,1-6H3;5-6,9,11,14H,4,7-8,10,12H2,1-3H3;4-8H,1-3H3;1H3/q+1;;;. The van der Waals surface area contributed by atoms with E-state index in [0.717, 1.165) is 89.3 Å². The van der Waals surface area contributed by atoms with Crippen molar-refractivity contribution in [1.29, 1.82) is 5.26 Å². The Labute approximate surface area is 469 Å². The maximum atomic E-state index is 12.6. The molecule has 0 amide bonds. The number of ether oxygens (including phenoxy) is 4. The molecule has 0 radical (unpaired) electrons. The normalized spacial score (nSPS) is 12.3. The predicted octanol–water partition coefficient (Wildman–Crippen LogP) is 16.4. The molecule has 0 bridgehead atoms. The number of alkyl halides is 1. The molecule has 6 aromatic rings. The SMILES string of the molecule is CC#N.CC(C)(C)OC(=O)n1ccc2cnccc21.CCOC(=O)C(C)(C)CCCCC(Br)c1ccccc1Cl.CCOC(=O)C(C)(C)CCCCC(c1ccccc1Cl)[n+]1ccc2c(ccn2C(=O)OC(C)(C)C)c1. The summed E-state index contributed by atoms with van der Waals surface area (Å²) in [5.74, 6) is -0.256. The number of pyridine rings is 2. The second-order valence-electron chi connectivity index (χ2n) is 21.4. The van der Waals surface area contributed by atoms with Crippen molar-refractivity contribution in [2.45, 2.75) is 163 Å². The zero-order valence-corrected chi connectivity index (χ0v) is 49.9. The molecule has 76 heavy (non-hydrogen) atoms. The first kappa shape index (κ1) is 64.5. The van der Waals surface area contributed by atoms with Gasteiger partial charge < -0.3 is 18.9 Å². The number of halogens is 3. The van der Waals surface area contributed by atoms with E-state index in [1.807, 2.05) is 156 Å². The Hall–Kier alpha value is -5.75. The van der Waals surface area contributed by atoms with Crippen molar-refractivity contribution >= 4 is 85.1 Å². The summed E-state index contributed by atoms with van der Waals surface area (Å²) in [4.78, 5) is 52.8. The third kappa shape index (κ3) is 20.7. The Morgan fingerprint density at radius 2 is 1.11 bits per heavy atom. The van der Waals surface area contributed by atoms with Gasteiger partial charge in [0.15, 0.2) is 18.4 Å². The Bertz CT molecular complexity index is 2860. The number of rotatable bonds is 17. The molecule has 412 valence electrons. The Kier molecular flexibility index (Phi) is 25.7. The van der Waals surface area contributed by atoms with E-state index in [1.165, 1.54) is 16.1 Å². The summed E-state index contributed by atoms with van der Waals surface area (Å²) in [6.45, 7) is 24.8. The topological polar surface area (TPSA) is 156 Å². The fraction of sp³-hybridized carbons (Fsp3) is 0.483. The zero-order valence-electron chi connectivity index (χ0n) is 46.8. The number of carbonyl (C=O) groups is 4. The van der Waals surface area contributed by atoms with Crippen LogP contribution in [0.25, 0.3) is 21.8 Å². The van der Waals surface area contributed by atoms with Crippen LogP contribution in [0.4, 0.5) is 9.59 Å². The summed E-state index contributed by atoms with van der Waals surface area (Å²) < 4.78 is 26.3. The molecule has 0 aliphatic carbocycles. The number of aromatic nitrogens is 4. The van der Waals surface area contributed by atoms with Crippen molar-refractivity contribution in [2.24, 2.45) is 10.8 Å². The number of benzene rings is 2. The minimum absolute atomic E-state index is 0.0127. The highest BCUT2D eigenvalue weighted by atomic mass is 79.9. The van der Waals surface area contributed by atoms with Gasteiger partial charge in [-0.05, 0) is 145 Å². The maximum Gasteiger partial charge on any atom is 0.418 e. The van der Waals surface area contributed by atoms with Gasteiger partial charge in [0.25, 0.3) is 0 Å². The van der Waals surface area contributed by atoms with Gasteiger partial charge in [-0.15, -0.1) is 0 Å². The fourth-order valence-electron chi connectivity index (χ4n) is 7.97. The van der Waals surface area contributed by atoms with Crippen molar-refractivity contribution in [2.75, 3.05) is 13.2 Å². The van der Waals surface area contributed by atoms with Gasteiger partial charge in [-0.1, -0.05) is 94.8 Å². The van der Waals surface area contributed by atoms with E-state index in [0.29, 0.717) is 18.2 Å². The maximum absolute atomic E-state index is 12.6. The molecule has 2 unspecified atom stereocenters. The van der Waals surface area contributed by atoms with Gasteiger partial charge in [-0.3, -0.25) is 23.7 Å². The molecule has 4 aromatic heterocycles. The number of unbranched alkanes of at least 4 members (excludes halogenated alkanes) is 2. The third-order valence-corrected chi connectivity index (χ3v) is 13.5. The highest BCUT2D eigenvalue weighted by Gasteiger charge is 2.31. The molecule has 0 aliphatic heterocycles. The average Bonchev–Trinajstić information content (AvgIpc) is 3.98. The van der Waals surface area contributed by atoms with Gasteiger partial charge in [0.05, 0.1) is 51.6 Å². The Morgan fingerprint density at radius 3 is 1.58 bits per heavy atom. The lowest BCUT2D eigenvalue weighted by Gasteiger charge is -2.22. The van der Waals surface area contributed by atoms with E-state index in [4.69, 9.17) is 47.4 Å². The van der Waals surface area contributed by atoms with Crippen molar-refractivity contribution in [3.05, 3.63) is 131 Å². The molecule has 16 heteroatoms. The summed E-state index contributed by atoms with van der Waals surface area (Å²) in [5.41, 5.74) is 1.80. The summed E-state index contributed by atoms with van der Waals surface area (Å²) in [6, 6.07) is 25.0. The van der Waals surface area contributed by atoms with Crippen LogP contribution in [-0.2, 0) is 28.5 Å². The van der Waals surface area contributed by atoms with Crippen molar-refractivity contribution < 1.29 is 42.7 Å². The van der Waals surface area contributed by atoms with Gasteiger partial charge >= 0.3 is 24.1 Å². The van der Waals surface area contributed by atoms with Gasteiger partial charge in [0.2, 0.25) is 0 Å². The molecule has 0 saturated heterocycles. The van der Waals surface area contributed by atoms with Crippen molar-refractivity contribution in [1.82, 2.24) is 14.1 Å². The highest BCUT2D eigenvalue weighted by Crippen LogP contribution is 2.35. The van der Waals surface area contributed by atoms with Crippen molar-refractivity contribution in [3.8, 4) is 6.07 Å². The molecule has 2 aromatic carbocycles. The third-order valence-electron chi connectivity index (χ3n) is 11.9. The van der Waals surface area contributed by atoms with Crippen LogP contribution in [0.2, 0.25) is 10.0 Å². The minimum atomic E-state index is -0.570. The highest BCUT2D eigenvalue weighted by molar-refractivity contribution is 9.09. The quantitative estimate of drug-likeness (QED) is 0.0283. The van der Waals surface area contributed by atoms with Crippen molar-refractivity contribution in [3.63, 3.8) is 0 Å². The molecule has 0 N–H and O–H groups in total. The molecule has 6 rings (SSSR count). The van der Waals surface area contributed by atoms with E-state index in [1.54, 1.807) is 36.9 Å². The first-order chi connectivity index (χ1) is 35.7. The molecule has 4 heterocycles. The number of fused-ring (bicyclic) bond motifs is 2. The smallest absolute Gasteiger partial charge is 0.418 e. The van der Waals surface area contributed by atoms with E-state index in [2.05, 4.69) is 31.5 Å². The van der Waals surface area contributed by atoms with Crippen LogP contribution in [0.1, 0.15) is 163 Å². The van der Waals surface area contributed by atoms with Gasteiger partial charge in [0, 0.05) is 65.0 Å². The van der Waals surface area contributed by atoms with E-state index in [9.17, 15) is 19.2 Å². The number of hydrogen-bond acceptors (Lipinski definition) is 10. The van der Waals surface area contributed by atoms with Gasteiger partial charge in [-0.25, -0.2) is 9.59 Å². The summed E-state index contributed by atoms with van der Waals surface area (Å²) in [6.07, 6.45) is 17.4.